The predicted molar refractivity (Wildman–Crippen MR) is 141 cm³/mol. The van der Waals surface area contributed by atoms with Gasteiger partial charge in [0.2, 0.25) is 0 Å². The van der Waals surface area contributed by atoms with Gasteiger partial charge in [-0.25, -0.2) is 4.79 Å². The van der Waals surface area contributed by atoms with Gasteiger partial charge in [-0.3, -0.25) is 4.79 Å². The van der Waals surface area contributed by atoms with Gasteiger partial charge < -0.3 is 20.1 Å². The number of carbonyl (C=O) groups is 2. The van der Waals surface area contributed by atoms with Crippen molar-refractivity contribution >= 4 is 17.5 Å². The lowest BCUT2D eigenvalue weighted by Gasteiger charge is -2.48. The van der Waals surface area contributed by atoms with Crippen LogP contribution in [0.2, 0.25) is 0 Å². The number of fused-ring (bicyclic) bond motifs is 5. The first-order valence-corrected chi connectivity index (χ1v) is 13.3. The van der Waals surface area contributed by atoms with Gasteiger partial charge in [0.1, 0.15) is 17.3 Å². The van der Waals surface area contributed by atoms with E-state index in [1.54, 1.807) is 14.2 Å². The molecule has 0 heterocycles. The summed E-state index contributed by atoms with van der Waals surface area (Å²) in [6, 6.07) is 11.7. The molecule has 36 heavy (non-hydrogen) atoms. The predicted octanol–water partition coefficient (Wildman–Crippen LogP) is 5.88. The molecule has 0 radical (unpaired) electrons. The number of ether oxygens (including phenoxy) is 2. The summed E-state index contributed by atoms with van der Waals surface area (Å²) in [6.45, 7) is 2.81. The van der Waals surface area contributed by atoms with Gasteiger partial charge in [-0.1, -0.05) is 13.0 Å². The number of ketones is 1. The molecule has 2 aromatic rings. The van der Waals surface area contributed by atoms with Crippen LogP contribution in [0.3, 0.4) is 0 Å². The zero-order valence-electron chi connectivity index (χ0n) is 21.7. The molecule has 6 nitrogen and oxygen atoms in total. The lowest BCUT2D eigenvalue weighted by molar-refractivity contribution is -0.129. The van der Waals surface area contributed by atoms with Gasteiger partial charge in [0.15, 0.2) is 0 Å². The molecule has 5 rings (SSSR count). The standard InChI is InChI=1S/C30H38N2O4/c1-30-15-14-23-24(26(30)12-13-28(30)33)11-6-19-18-27(36-3)20(17-25(19)23)5-4-16-31-29(34)32-21-7-9-22(35-2)10-8-21/h7-10,17-18,23-24,26H,4-6,11-16H2,1-3H3,(H2,31,32,34)/t23?,24?,26?,30-/m0/s1. The monoisotopic (exact) mass is 490 g/mol. The smallest absolute Gasteiger partial charge is 0.319 e. The highest BCUT2D eigenvalue weighted by molar-refractivity contribution is 5.89. The molecule has 2 fully saturated rings. The summed E-state index contributed by atoms with van der Waals surface area (Å²) in [5, 5.41) is 5.81. The molecular weight excluding hydrogens is 452 g/mol. The van der Waals surface area contributed by atoms with E-state index in [1.807, 2.05) is 24.3 Å². The molecule has 2 amide bonds. The van der Waals surface area contributed by atoms with Crippen LogP contribution in [-0.4, -0.2) is 32.6 Å². The summed E-state index contributed by atoms with van der Waals surface area (Å²) >= 11 is 0. The summed E-state index contributed by atoms with van der Waals surface area (Å²) in [5.41, 5.74) is 4.75. The van der Waals surface area contributed by atoms with Gasteiger partial charge in [0, 0.05) is 24.1 Å². The molecule has 0 bridgehead atoms. The number of nitrogens with one attached hydrogen (secondary N) is 2. The maximum Gasteiger partial charge on any atom is 0.319 e. The molecule has 2 saturated carbocycles. The van der Waals surface area contributed by atoms with Gasteiger partial charge in [-0.05, 0) is 110 Å². The van der Waals surface area contributed by atoms with E-state index in [4.69, 9.17) is 9.47 Å². The summed E-state index contributed by atoms with van der Waals surface area (Å²) in [4.78, 5) is 24.9. The minimum absolute atomic E-state index is 0.0912. The molecule has 2 aromatic carbocycles. The zero-order valence-corrected chi connectivity index (χ0v) is 21.7. The average Bonchev–Trinajstić information content (AvgIpc) is 3.20. The van der Waals surface area contributed by atoms with Gasteiger partial charge in [-0.2, -0.15) is 0 Å². The molecule has 0 aromatic heterocycles. The molecule has 3 aliphatic carbocycles. The van der Waals surface area contributed by atoms with Crippen molar-refractivity contribution in [2.45, 2.75) is 64.2 Å². The van der Waals surface area contributed by atoms with Crippen molar-refractivity contribution < 1.29 is 19.1 Å². The lowest BCUT2D eigenvalue weighted by Crippen LogP contribution is -2.42. The number of aryl methyl sites for hydroxylation is 2. The highest BCUT2D eigenvalue weighted by Gasteiger charge is 2.54. The summed E-state index contributed by atoms with van der Waals surface area (Å²) in [6.07, 6.45) is 7.89. The number of carbonyl (C=O) groups excluding carboxylic acids is 2. The van der Waals surface area contributed by atoms with Crippen LogP contribution in [0.15, 0.2) is 36.4 Å². The van der Waals surface area contributed by atoms with Crippen molar-refractivity contribution in [3.8, 4) is 11.5 Å². The van der Waals surface area contributed by atoms with Crippen molar-refractivity contribution in [2.24, 2.45) is 17.3 Å². The highest BCUT2D eigenvalue weighted by atomic mass is 16.5. The average molecular weight is 491 g/mol. The Balaban J connectivity index is 1.21. The zero-order chi connectivity index (χ0) is 25.3. The fourth-order valence-corrected chi connectivity index (χ4v) is 7.13. The first kappa shape index (κ1) is 24.7. The molecule has 0 aliphatic heterocycles. The van der Waals surface area contributed by atoms with Gasteiger partial charge in [0.25, 0.3) is 0 Å². The normalized spacial score (nSPS) is 26.4. The molecule has 2 N–H and O–H groups in total. The van der Waals surface area contributed by atoms with E-state index in [1.165, 1.54) is 23.1 Å². The lowest BCUT2D eigenvalue weighted by atomic mass is 9.55. The van der Waals surface area contributed by atoms with Gasteiger partial charge in [0.05, 0.1) is 14.2 Å². The maximum atomic E-state index is 12.7. The Bertz CT molecular complexity index is 1130. The Morgan fingerprint density at radius 1 is 1.06 bits per heavy atom. The molecular formula is C30H38N2O4. The first-order chi connectivity index (χ1) is 17.4. The number of rotatable bonds is 7. The Morgan fingerprint density at radius 2 is 1.86 bits per heavy atom. The molecule has 192 valence electrons. The highest BCUT2D eigenvalue weighted by Crippen LogP contribution is 2.59. The molecule has 3 aliphatic rings. The quantitative estimate of drug-likeness (QED) is 0.475. The van der Waals surface area contributed by atoms with E-state index in [2.05, 4.69) is 29.7 Å². The second-order valence-corrected chi connectivity index (χ2v) is 10.9. The Labute approximate surface area is 214 Å². The molecule has 4 atom stereocenters. The topological polar surface area (TPSA) is 76.7 Å². The minimum Gasteiger partial charge on any atom is -0.497 e. The second kappa shape index (κ2) is 10.2. The third-order valence-corrected chi connectivity index (χ3v) is 9.09. The Hall–Kier alpha value is -3.02. The van der Waals surface area contributed by atoms with Gasteiger partial charge >= 0.3 is 6.03 Å². The third-order valence-electron chi connectivity index (χ3n) is 9.09. The number of benzene rings is 2. The van der Waals surface area contributed by atoms with Crippen LogP contribution < -0.4 is 20.1 Å². The van der Waals surface area contributed by atoms with Crippen LogP contribution in [-0.2, 0) is 17.6 Å². The number of hydrogen-bond acceptors (Lipinski definition) is 4. The van der Waals surface area contributed by atoms with E-state index in [0.29, 0.717) is 30.1 Å². The van der Waals surface area contributed by atoms with E-state index < -0.39 is 0 Å². The largest absolute Gasteiger partial charge is 0.497 e. The summed E-state index contributed by atoms with van der Waals surface area (Å²) < 4.78 is 10.9. The fraction of sp³-hybridized carbons (Fsp3) is 0.533. The minimum atomic E-state index is -0.211. The van der Waals surface area contributed by atoms with E-state index >= 15 is 0 Å². The number of urea groups is 1. The van der Waals surface area contributed by atoms with Crippen LogP contribution in [0, 0.1) is 17.3 Å². The van der Waals surface area contributed by atoms with Crippen LogP contribution >= 0.6 is 0 Å². The maximum absolute atomic E-state index is 12.7. The van der Waals surface area contributed by atoms with Crippen LogP contribution in [0.4, 0.5) is 10.5 Å². The van der Waals surface area contributed by atoms with Crippen LogP contribution in [0.25, 0.3) is 0 Å². The Kier molecular flexibility index (Phi) is 6.96. The Morgan fingerprint density at radius 3 is 2.61 bits per heavy atom. The van der Waals surface area contributed by atoms with Crippen molar-refractivity contribution in [1.82, 2.24) is 5.32 Å². The number of hydrogen-bond donors (Lipinski definition) is 2. The van der Waals surface area contributed by atoms with E-state index in [-0.39, 0.29) is 11.4 Å². The molecule has 0 saturated heterocycles. The summed E-state index contributed by atoms with van der Waals surface area (Å²) in [7, 11) is 3.36. The number of Topliss-reactive ketones (excluding diaryl/α,β-unsaturated/α-hetero) is 1. The third kappa shape index (κ3) is 4.58. The van der Waals surface area contributed by atoms with Crippen LogP contribution in [0.5, 0.6) is 11.5 Å². The van der Waals surface area contributed by atoms with Crippen molar-refractivity contribution in [1.29, 1.82) is 0 Å². The number of amides is 2. The van der Waals surface area contributed by atoms with Gasteiger partial charge in [-0.15, -0.1) is 0 Å². The van der Waals surface area contributed by atoms with Crippen molar-refractivity contribution in [2.75, 3.05) is 26.1 Å². The summed E-state index contributed by atoms with van der Waals surface area (Å²) in [5.74, 6) is 3.91. The number of methoxy groups -OCH3 is 2. The first-order valence-electron chi connectivity index (χ1n) is 13.3. The molecule has 6 heteroatoms. The second-order valence-electron chi connectivity index (χ2n) is 10.9. The fourth-order valence-electron chi connectivity index (χ4n) is 7.13. The van der Waals surface area contributed by atoms with Crippen LogP contribution in [0.1, 0.15) is 68.1 Å². The van der Waals surface area contributed by atoms with E-state index in [9.17, 15) is 9.59 Å². The van der Waals surface area contributed by atoms with E-state index in [0.717, 1.165) is 62.1 Å². The SMILES string of the molecule is COc1ccc(NC(=O)NCCCc2cc3c(cc2OC)CCC2C3CC[C@]3(C)C(=O)CCC23)cc1. The van der Waals surface area contributed by atoms with Crippen molar-refractivity contribution in [3.05, 3.63) is 53.1 Å². The van der Waals surface area contributed by atoms with Crippen molar-refractivity contribution in [3.63, 3.8) is 0 Å². The molecule has 0 spiro atoms. The molecule has 3 unspecified atom stereocenters. The number of anilines is 1.